The highest BCUT2D eigenvalue weighted by Gasteiger charge is 2.53. The third-order valence-electron chi connectivity index (χ3n) is 16.8. The van der Waals surface area contributed by atoms with Crippen molar-refractivity contribution in [1.82, 2.24) is 0 Å². The quantitative estimate of drug-likeness (QED) is 0.172. The van der Waals surface area contributed by atoms with Crippen LogP contribution in [0.1, 0.15) is 44.5 Å². The van der Waals surface area contributed by atoms with E-state index in [-0.39, 0.29) is 0 Å². The van der Waals surface area contributed by atoms with Crippen LogP contribution < -0.4 is 19.3 Å². The Morgan fingerprint density at radius 3 is 0.833 bits per heavy atom. The summed E-state index contributed by atoms with van der Waals surface area (Å²) in [6, 6.07) is 106. The molecule has 4 heteroatoms. The third kappa shape index (κ3) is 6.29. The summed E-state index contributed by atoms with van der Waals surface area (Å²) < 4.78 is 13.8. The first-order chi connectivity index (χ1) is 38.7. The number of hydrogen-bond donors (Lipinski definition) is 0. The Kier molecular flexibility index (Phi) is 9.73. The molecule has 0 unspecified atom stereocenters. The summed E-state index contributed by atoms with van der Waals surface area (Å²) in [4.78, 5) is 4.93. The molecule has 78 heavy (non-hydrogen) atoms. The van der Waals surface area contributed by atoms with Gasteiger partial charge in [0, 0.05) is 33.6 Å². The number of benzene rings is 12. The number of nitrogens with zero attached hydrogens (tertiary/aromatic N) is 2. The van der Waals surface area contributed by atoms with E-state index < -0.39 is 10.8 Å². The lowest BCUT2D eigenvalue weighted by Crippen LogP contribution is -2.40. The van der Waals surface area contributed by atoms with Crippen LogP contribution in [-0.2, 0) is 10.8 Å². The number of fused-ring (bicyclic) bond motifs is 16. The largest absolute Gasteiger partial charge is 0.457 e. The number of rotatable bonds is 5. The van der Waals surface area contributed by atoms with Crippen LogP contribution in [0.25, 0.3) is 33.4 Å². The van der Waals surface area contributed by atoms with Crippen LogP contribution >= 0.6 is 0 Å². The molecule has 4 aliphatic heterocycles. The van der Waals surface area contributed by atoms with Crippen molar-refractivity contribution < 1.29 is 9.47 Å². The minimum Gasteiger partial charge on any atom is -0.457 e. The van der Waals surface area contributed by atoms with Crippen molar-refractivity contribution in [3.8, 4) is 56.4 Å². The topological polar surface area (TPSA) is 24.9 Å². The molecule has 0 N–H and O–H groups in total. The Labute approximate surface area is 454 Å². The summed E-state index contributed by atoms with van der Waals surface area (Å²) in [5.41, 5.74) is 21.3. The van der Waals surface area contributed by atoms with E-state index in [1.807, 2.05) is 0 Å². The van der Waals surface area contributed by atoms with E-state index in [4.69, 9.17) is 9.47 Å². The van der Waals surface area contributed by atoms with Gasteiger partial charge in [0.05, 0.1) is 33.6 Å². The van der Waals surface area contributed by atoms with E-state index in [0.29, 0.717) is 0 Å². The van der Waals surface area contributed by atoms with Gasteiger partial charge in [-0.1, -0.05) is 206 Å². The van der Waals surface area contributed by atoms with Crippen LogP contribution in [0.3, 0.4) is 0 Å². The fourth-order valence-corrected chi connectivity index (χ4v) is 13.5. The Hall–Kier alpha value is -10.2. The first-order valence-corrected chi connectivity index (χ1v) is 26.8. The highest BCUT2D eigenvalue weighted by molar-refractivity contribution is 5.95. The standard InChI is InChI=1S/C74H48N2O2/c1-3-19-49(20-4-1)51-35-41-55(42-36-51)75-65-29-13-7-23-57(65)73(59-25-9-15-31-69(59)77-70-32-16-10-26-60(70)73)63-47-53(39-45-67(63)75)54-40-46-68-64(48-54)74(61-27-11-17-33-71(61)78-72-34-18-12-28-62(72)74)58-24-8-14-30-66(58)76(68)56-43-37-52(38-44-56)50-21-5-2-6-22-50/h1-48H. The van der Waals surface area contributed by atoms with E-state index >= 15 is 0 Å². The molecule has 0 fully saturated rings. The van der Waals surface area contributed by atoms with E-state index in [9.17, 15) is 0 Å². The molecule has 0 saturated carbocycles. The van der Waals surface area contributed by atoms with Crippen LogP contribution in [0, 0.1) is 0 Å². The minimum absolute atomic E-state index is 0.747. The fourth-order valence-electron chi connectivity index (χ4n) is 13.5. The molecule has 12 aromatic rings. The predicted octanol–water partition coefficient (Wildman–Crippen LogP) is 19.2. The summed E-state index contributed by atoms with van der Waals surface area (Å²) in [7, 11) is 0. The van der Waals surface area contributed by atoms with Crippen molar-refractivity contribution in [2.24, 2.45) is 0 Å². The van der Waals surface area contributed by atoms with E-state index in [1.165, 1.54) is 44.5 Å². The van der Waals surface area contributed by atoms with Gasteiger partial charge in [-0.2, -0.15) is 0 Å². The van der Waals surface area contributed by atoms with Crippen LogP contribution in [0.15, 0.2) is 291 Å². The summed E-state index contributed by atoms with van der Waals surface area (Å²) >= 11 is 0. The molecule has 0 atom stereocenters. The number of para-hydroxylation sites is 6. The van der Waals surface area contributed by atoms with E-state index in [1.54, 1.807) is 0 Å². The Morgan fingerprint density at radius 2 is 0.474 bits per heavy atom. The maximum Gasteiger partial charge on any atom is 0.132 e. The SMILES string of the molecule is c1ccc(-c2ccc(N3c4ccccc4C4(c5ccccc5Oc5ccccc54)c4cc(-c5ccc6c(c5)C5(c7ccccc7Oc7ccccc75)c5ccccc5N6c5ccc(-c6ccccc6)cc5)ccc43)cc2)cc1. The second-order valence-corrected chi connectivity index (χ2v) is 20.7. The molecule has 0 aliphatic carbocycles. The smallest absolute Gasteiger partial charge is 0.132 e. The zero-order valence-corrected chi connectivity index (χ0v) is 42.4. The normalized spacial score (nSPS) is 14.3. The molecule has 366 valence electrons. The Morgan fingerprint density at radius 1 is 0.205 bits per heavy atom. The number of anilines is 6. The zero-order valence-electron chi connectivity index (χ0n) is 42.4. The monoisotopic (exact) mass is 996 g/mol. The van der Waals surface area contributed by atoms with Crippen molar-refractivity contribution in [3.05, 3.63) is 336 Å². The van der Waals surface area contributed by atoms with Gasteiger partial charge in [-0.15, -0.1) is 0 Å². The molecule has 2 spiro atoms. The summed E-state index contributed by atoms with van der Waals surface area (Å²) in [6.45, 7) is 0. The molecule has 12 aromatic carbocycles. The maximum atomic E-state index is 6.88. The molecule has 4 heterocycles. The molecule has 4 aliphatic rings. The average molecular weight is 997 g/mol. The summed E-state index contributed by atoms with van der Waals surface area (Å²) in [5, 5.41) is 0. The molecular formula is C74H48N2O2. The molecule has 0 bridgehead atoms. The summed E-state index contributed by atoms with van der Waals surface area (Å²) in [6.07, 6.45) is 0. The second kappa shape index (κ2) is 17.2. The van der Waals surface area contributed by atoms with Gasteiger partial charge >= 0.3 is 0 Å². The number of ether oxygens (including phenoxy) is 2. The second-order valence-electron chi connectivity index (χ2n) is 20.7. The van der Waals surface area contributed by atoms with Crippen LogP contribution in [-0.4, -0.2) is 0 Å². The van der Waals surface area contributed by atoms with Gasteiger partial charge in [0.1, 0.15) is 23.0 Å². The lowest BCUT2D eigenvalue weighted by atomic mass is 9.60. The molecular weight excluding hydrogens is 949 g/mol. The van der Waals surface area contributed by atoms with Crippen LogP contribution in [0.2, 0.25) is 0 Å². The zero-order chi connectivity index (χ0) is 51.4. The van der Waals surface area contributed by atoms with Gasteiger partial charge in [-0.25, -0.2) is 0 Å². The molecule has 4 nitrogen and oxygen atoms in total. The van der Waals surface area contributed by atoms with Gasteiger partial charge in [0.15, 0.2) is 0 Å². The average Bonchev–Trinajstić information content (AvgIpc) is 3.06. The maximum absolute atomic E-state index is 6.88. The summed E-state index contributed by atoms with van der Waals surface area (Å²) in [5.74, 6) is 3.41. The number of hydrogen-bond acceptors (Lipinski definition) is 4. The highest BCUT2D eigenvalue weighted by Crippen LogP contribution is 2.65. The van der Waals surface area contributed by atoms with Crippen molar-refractivity contribution in [2.75, 3.05) is 9.80 Å². The van der Waals surface area contributed by atoms with E-state index in [0.717, 1.165) is 90.5 Å². The molecule has 0 radical (unpaired) electrons. The van der Waals surface area contributed by atoms with E-state index in [2.05, 4.69) is 301 Å². The van der Waals surface area contributed by atoms with Crippen molar-refractivity contribution >= 4 is 34.1 Å². The van der Waals surface area contributed by atoms with Crippen LogP contribution in [0.5, 0.6) is 23.0 Å². The van der Waals surface area contributed by atoms with Crippen molar-refractivity contribution in [2.45, 2.75) is 10.8 Å². The Balaban J connectivity index is 0.962. The fraction of sp³-hybridized carbons (Fsp3) is 0.0270. The van der Waals surface area contributed by atoms with Gasteiger partial charge in [0.2, 0.25) is 0 Å². The first-order valence-electron chi connectivity index (χ1n) is 26.8. The van der Waals surface area contributed by atoms with Gasteiger partial charge in [-0.05, 0) is 141 Å². The van der Waals surface area contributed by atoms with Gasteiger partial charge < -0.3 is 19.3 Å². The highest BCUT2D eigenvalue weighted by atomic mass is 16.5. The Bertz CT molecular complexity index is 3970. The van der Waals surface area contributed by atoms with Crippen molar-refractivity contribution in [3.63, 3.8) is 0 Å². The minimum atomic E-state index is -0.747. The molecule has 0 aromatic heterocycles. The third-order valence-corrected chi connectivity index (χ3v) is 16.8. The van der Waals surface area contributed by atoms with Gasteiger partial charge in [0.25, 0.3) is 0 Å². The first kappa shape index (κ1) is 44.2. The lowest BCUT2D eigenvalue weighted by Gasteiger charge is -2.49. The predicted molar refractivity (Wildman–Crippen MR) is 316 cm³/mol. The van der Waals surface area contributed by atoms with Gasteiger partial charge in [-0.3, -0.25) is 0 Å². The van der Waals surface area contributed by atoms with Crippen molar-refractivity contribution in [1.29, 1.82) is 0 Å². The lowest BCUT2D eigenvalue weighted by molar-refractivity contribution is 0.433. The molecule has 16 rings (SSSR count). The molecule has 0 saturated heterocycles. The van der Waals surface area contributed by atoms with Crippen LogP contribution in [0.4, 0.5) is 34.1 Å². The molecule has 0 amide bonds.